The summed E-state index contributed by atoms with van der Waals surface area (Å²) in [5, 5.41) is 7.53. The first kappa shape index (κ1) is 15.5. The molecule has 0 saturated heterocycles. The molecule has 0 aliphatic carbocycles. The first-order chi connectivity index (χ1) is 9.77. The topological polar surface area (TPSA) is 93.2 Å². The minimum absolute atomic E-state index is 0.106. The molecular formula is C14H13BrN2O3S. The summed E-state index contributed by atoms with van der Waals surface area (Å²) in [6.45, 7) is 0. The molecule has 2 aromatic carbocycles. The number of sulfone groups is 1. The lowest BCUT2D eigenvalue weighted by Gasteiger charge is -2.11. The van der Waals surface area contributed by atoms with Crippen molar-refractivity contribution in [3.05, 3.63) is 52.5 Å². The second kappa shape index (κ2) is 5.87. The summed E-state index contributed by atoms with van der Waals surface area (Å²) < 4.78 is 29.3. The van der Waals surface area contributed by atoms with Crippen molar-refractivity contribution in [3.63, 3.8) is 0 Å². The van der Waals surface area contributed by atoms with Crippen LogP contribution in [0.1, 0.15) is 5.56 Å². The van der Waals surface area contributed by atoms with Crippen LogP contribution in [-0.2, 0) is 9.84 Å². The van der Waals surface area contributed by atoms with Gasteiger partial charge in [0.05, 0.1) is 10.5 Å². The molecule has 2 rings (SSSR count). The normalized spacial score (nSPS) is 11.1. The Morgan fingerprint density at radius 2 is 1.81 bits per heavy atom. The molecule has 0 aromatic heterocycles. The van der Waals surface area contributed by atoms with Crippen LogP contribution >= 0.6 is 15.9 Å². The summed E-state index contributed by atoms with van der Waals surface area (Å²) >= 11 is 3.33. The van der Waals surface area contributed by atoms with E-state index in [9.17, 15) is 8.42 Å². The molecule has 2 aromatic rings. The average molecular weight is 369 g/mol. The maximum absolute atomic E-state index is 11.4. The molecule has 0 spiro atoms. The van der Waals surface area contributed by atoms with Crippen LogP contribution < -0.4 is 10.5 Å². The maximum atomic E-state index is 11.4. The van der Waals surface area contributed by atoms with Gasteiger partial charge in [-0.1, -0.05) is 15.9 Å². The molecule has 3 N–H and O–H groups in total. The molecule has 21 heavy (non-hydrogen) atoms. The molecule has 0 unspecified atom stereocenters. The monoisotopic (exact) mass is 368 g/mol. The van der Waals surface area contributed by atoms with Crippen LogP contribution in [0.5, 0.6) is 11.5 Å². The lowest BCUT2D eigenvalue weighted by atomic mass is 10.2. The van der Waals surface area contributed by atoms with Crippen LogP contribution in [0.2, 0.25) is 0 Å². The number of rotatable bonds is 4. The van der Waals surface area contributed by atoms with Gasteiger partial charge < -0.3 is 10.5 Å². The van der Waals surface area contributed by atoms with Gasteiger partial charge in [-0.3, -0.25) is 5.41 Å². The lowest BCUT2D eigenvalue weighted by Crippen LogP contribution is -2.12. The minimum Gasteiger partial charge on any atom is -0.457 e. The van der Waals surface area contributed by atoms with Crippen molar-refractivity contribution in [2.75, 3.05) is 6.26 Å². The fraction of sp³-hybridized carbons (Fsp3) is 0.0714. The van der Waals surface area contributed by atoms with Gasteiger partial charge in [0.15, 0.2) is 9.84 Å². The van der Waals surface area contributed by atoms with Crippen LogP contribution in [0, 0.1) is 5.41 Å². The highest BCUT2D eigenvalue weighted by molar-refractivity contribution is 9.10. The number of halogens is 1. The zero-order valence-electron chi connectivity index (χ0n) is 11.1. The number of hydrogen-bond acceptors (Lipinski definition) is 4. The van der Waals surface area contributed by atoms with E-state index >= 15 is 0 Å². The Morgan fingerprint density at radius 1 is 1.19 bits per heavy atom. The van der Waals surface area contributed by atoms with Gasteiger partial charge in [-0.2, -0.15) is 0 Å². The molecule has 0 radical (unpaired) electrons. The fourth-order valence-corrected chi connectivity index (χ4v) is 2.66. The first-order valence-electron chi connectivity index (χ1n) is 5.89. The number of nitrogen functional groups attached to an aromatic ring is 1. The van der Waals surface area contributed by atoms with E-state index in [0.29, 0.717) is 17.1 Å². The predicted molar refractivity (Wildman–Crippen MR) is 84.8 cm³/mol. The SMILES string of the molecule is CS(=O)(=O)c1ccc(Oc2cc(Br)ccc2C(=N)N)cc1. The van der Waals surface area contributed by atoms with E-state index in [2.05, 4.69) is 15.9 Å². The van der Waals surface area contributed by atoms with E-state index in [1.165, 1.54) is 12.1 Å². The van der Waals surface area contributed by atoms with Crippen LogP contribution in [0.25, 0.3) is 0 Å². The molecule has 0 heterocycles. The van der Waals surface area contributed by atoms with Crippen molar-refractivity contribution in [1.82, 2.24) is 0 Å². The third-order valence-corrected chi connectivity index (χ3v) is 4.34. The zero-order valence-corrected chi connectivity index (χ0v) is 13.5. The summed E-state index contributed by atoms with van der Waals surface area (Å²) in [5.41, 5.74) is 5.97. The molecule has 0 amide bonds. The predicted octanol–water partition coefficient (Wildman–Crippen LogP) is 2.93. The van der Waals surface area contributed by atoms with E-state index < -0.39 is 9.84 Å². The number of benzene rings is 2. The zero-order chi connectivity index (χ0) is 15.6. The third-order valence-electron chi connectivity index (χ3n) is 2.71. The number of hydrogen-bond donors (Lipinski definition) is 2. The van der Waals surface area contributed by atoms with Gasteiger partial charge in [0, 0.05) is 10.7 Å². The van der Waals surface area contributed by atoms with Crippen LogP contribution in [-0.4, -0.2) is 20.5 Å². The fourth-order valence-electron chi connectivity index (χ4n) is 1.68. The molecular weight excluding hydrogens is 356 g/mol. The summed E-state index contributed by atoms with van der Waals surface area (Å²) in [7, 11) is -3.24. The molecule has 110 valence electrons. The Labute approximate surface area is 131 Å². The summed E-state index contributed by atoms with van der Waals surface area (Å²) in [6.07, 6.45) is 1.14. The van der Waals surface area contributed by atoms with Gasteiger partial charge in [0.2, 0.25) is 0 Å². The van der Waals surface area contributed by atoms with E-state index in [1.807, 2.05) is 0 Å². The van der Waals surface area contributed by atoms with E-state index in [4.69, 9.17) is 15.9 Å². The summed E-state index contributed by atoms with van der Waals surface area (Å²) in [5.74, 6) is 0.775. The largest absolute Gasteiger partial charge is 0.457 e. The Hall–Kier alpha value is -1.86. The highest BCUT2D eigenvalue weighted by Gasteiger charge is 2.10. The first-order valence-corrected chi connectivity index (χ1v) is 8.58. The van der Waals surface area contributed by atoms with Gasteiger partial charge in [-0.25, -0.2) is 8.42 Å². The third kappa shape index (κ3) is 3.83. The number of nitrogens with two attached hydrogens (primary N) is 1. The van der Waals surface area contributed by atoms with Gasteiger partial charge in [-0.15, -0.1) is 0 Å². The van der Waals surface area contributed by atoms with Crippen molar-refractivity contribution in [2.24, 2.45) is 5.73 Å². The highest BCUT2D eigenvalue weighted by atomic mass is 79.9. The molecule has 0 atom stereocenters. The molecule has 0 aliphatic rings. The van der Waals surface area contributed by atoms with Crippen molar-refractivity contribution in [1.29, 1.82) is 5.41 Å². The lowest BCUT2D eigenvalue weighted by molar-refractivity contribution is 0.480. The molecule has 0 bridgehead atoms. The van der Waals surface area contributed by atoms with E-state index in [0.717, 1.165) is 10.7 Å². The van der Waals surface area contributed by atoms with Gasteiger partial charge in [0.25, 0.3) is 0 Å². The van der Waals surface area contributed by atoms with Crippen LogP contribution in [0.15, 0.2) is 51.8 Å². The van der Waals surface area contributed by atoms with Crippen molar-refractivity contribution < 1.29 is 13.2 Å². The van der Waals surface area contributed by atoms with Gasteiger partial charge in [-0.05, 0) is 42.5 Å². The number of ether oxygens (including phenoxy) is 1. The van der Waals surface area contributed by atoms with E-state index in [1.54, 1.807) is 30.3 Å². The van der Waals surface area contributed by atoms with Crippen molar-refractivity contribution >= 4 is 31.6 Å². The second-order valence-electron chi connectivity index (χ2n) is 4.40. The summed E-state index contributed by atoms with van der Waals surface area (Å²) in [4.78, 5) is 0.218. The number of amidine groups is 1. The maximum Gasteiger partial charge on any atom is 0.175 e. The quantitative estimate of drug-likeness (QED) is 0.640. The van der Waals surface area contributed by atoms with Gasteiger partial charge >= 0.3 is 0 Å². The molecule has 7 heteroatoms. The average Bonchev–Trinajstić information content (AvgIpc) is 2.38. The van der Waals surface area contributed by atoms with Crippen molar-refractivity contribution in [2.45, 2.75) is 4.90 Å². The highest BCUT2D eigenvalue weighted by Crippen LogP contribution is 2.29. The molecule has 0 fully saturated rings. The standard InChI is InChI=1S/C14H13BrN2O3S/c1-21(18,19)11-5-3-10(4-6-11)20-13-8-9(15)2-7-12(13)14(16)17/h2-8H,1H3,(H3,16,17). The van der Waals surface area contributed by atoms with Crippen LogP contribution in [0.4, 0.5) is 0 Å². The van der Waals surface area contributed by atoms with Crippen molar-refractivity contribution in [3.8, 4) is 11.5 Å². The Bertz CT molecular complexity index is 786. The second-order valence-corrected chi connectivity index (χ2v) is 7.33. The smallest absolute Gasteiger partial charge is 0.175 e. The molecule has 5 nitrogen and oxygen atoms in total. The number of nitrogens with one attached hydrogen (secondary N) is 1. The van der Waals surface area contributed by atoms with Gasteiger partial charge in [0.1, 0.15) is 17.3 Å². The Morgan fingerprint density at radius 3 is 2.33 bits per heavy atom. The Balaban J connectivity index is 2.34. The summed E-state index contributed by atoms with van der Waals surface area (Å²) in [6, 6.07) is 11.2. The minimum atomic E-state index is -3.24. The van der Waals surface area contributed by atoms with Crippen LogP contribution in [0.3, 0.4) is 0 Å². The Kier molecular flexibility index (Phi) is 4.34. The molecule has 0 saturated carbocycles. The molecule has 0 aliphatic heterocycles. The van der Waals surface area contributed by atoms with E-state index in [-0.39, 0.29) is 10.7 Å².